The van der Waals surface area contributed by atoms with Gasteiger partial charge in [0.2, 0.25) is 0 Å². The second-order valence-corrected chi connectivity index (χ2v) is 5.02. The summed E-state index contributed by atoms with van der Waals surface area (Å²) in [5, 5.41) is 5.32. The van der Waals surface area contributed by atoms with Crippen molar-refractivity contribution in [1.82, 2.24) is 10.3 Å². The summed E-state index contributed by atoms with van der Waals surface area (Å²) in [6.07, 6.45) is 2.26. The van der Waals surface area contributed by atoms with Crippen molar-refractivity contribution in [3.05, 3.63) is 29.3 Å². The van der Waals surface area contributed by atoms with Crippen LogP contribution in [-0.2, 0) is 9.53 Å². The Morgan fingerprint density at radius 3 is 3.22 bits per heavy atom. The van der Waals surface area contributed by atoms with Gasteiger partial charge in [-0.2, -0.15) is 0 Å². The highest BCUT2D eigenvalue weighted by molar-refractivity contribution is 7.17. The second-order valence-electron chi connectivity index (χ2n) is 4.07. The highest BCUT2D eigenvalue weighted by Crippen LogP contribution is 2.22. The van der Waals surface area contributed by atoms with E-state index in [1.165, 1.54) is 11.8 Å². The second kappa shape index (κ2) is 5.93. The fourth-order valence-corrected chi connectivity index (χ4v) is 2.50. The number of hydrogen-bond acceptors (Lipinski definition) is 5. The van der Waals surface area contributed by atoms with Crippen LogP contribution in [0.4, 0.5) is 0 Å². The van der Waals surface area contributed by atoms with Crippen molar-refractivity contribution in [2.75, 3.05) is 13.7 Å². The number of nitrogens with one attached hydrogen (secondary N) is 1. The monoisotopic (exact) mass is 264 g/mol. The van der Waals surface area contributed by atoms with Gasteiger partial charge in [0.15, 0.2) is 0 Å². The number of rotatable bonds is 5. The van der Waals surface area contributed by atoms with Gasteiger partial charge >= 0.3 is 5.97 Å². The van der Waals surface area contributed by atoms with E-state index in [-0.39, 0.29) is 12.0 Å². The van der Waals surface area contributed by atoms with E-state index in [9.17, 15) is 4.79 Å². The Bertz CT molecular complexity index is 539. The van der Waals surface area contributed by atoms with E-state index < -0.39 is 0 Å². The molecule has 96 valence electrons. The molecule has 0 aliphatic heterocycles. The summed E-state index contributed by atoms with van der Waals surface area (Å²) < 4.78 is 5.78. The van der Waals surface area contributed by atoms with Crippen LogP contribution >= 0.6 is 11.3 Å². The molecule has 1 unspecified atom stereocenters. The lowest BCUT2D eigenvalue weighted by molar-refractivity contribution is -0.140. The number of carbonyl (C=O) groups is 1. The molecule has 0 bridgehead atoms. The zero-order valence-electron chi connectivity index (χ0n) is 10.5. The zero-order valence-corrected chi connectivity index (χ0v) is 11.3. The Balaban J connectivity index is 1.95. The first-order chi connectivity index (χ1) is 8.70. The average molecular weight is 264 g/mol. The van der Waals surface area contributed by atoms with Crippen molar-refractivity contribution in [3.63, 3.8) is 0 Å². The molecule has 5 heteroatoms. The van der Waals surface area contributed by atoms with Crippen molar-refractivity contribution >= 4 is 27.5 Å². The molecule has 0 fully saturated rings. The Morgan fingerprint density at radius 2 is 2.44 bits per heavy atom. The number of aromatic nitrogens is 1. The summed E-state index contributed by atoms with van der Waals surface area (Å²) in [5.41, 5.74) is 2.17. The molecule has 4 nitrogen and oxygen atoms in total. The molecule has 2 aromatic heterocycles. The Hall–Kier alpha value is -1.46. The van der Waals surface area contributed by atoms with Crippen molar-refractivity contribution in [3.8, 4) is 0 Å². The lowest BCUT2D eigenvalue weighted by Gasteiger charge is -2.13. The molecule has 2 heterocycles. The predicted octanol–water partition coefficient (Wildman–Crippen LogP) is 2.51. The minimum atomic E-state index is -0.193. The first-order valence-electron chi connectivity index (χ1n) is 5.84. The van der Waals surface area contributed by atoms with Crippen molar-refractivity contribution in [2.24, 2.45) is 0 Å². The van der Waals surface area contributed by atoms with Crippen LogP contribution in [-0.4, -0.2) is 24.6 Å². The number of carbonyl (C=O) groups excluding carboxylic acids is 1. The highest BCUT2D eigenvalue weighted by Gasteiger charge is 2.08. The third kappa shape index (κ3) is 3.05. The predicted molar refractivity (Wildman–Crippen MR) is 72.7 cm³/mol. The smallest absolute Gasteiger partial charge is 0.306 e. The standard InChI is InChI=1S/C13H16N2O2S/c1-9(14-5-3-13(16)17-2)10-7-12-11(15-8-10)4-6-18-12/h4,6-9,14H,3,5H2,1-2H3. The molecule has 0 radical (unpaired) electrons. The largest absolute Gasteiger partial charge is 0.469 e. The van der Waals surface area contributed by atoms with Gasteiger partial charge in [-0.15, -0.1) is 11.3 Å². The molecule has 1 N–H and O–H groups in total. The normalized spacial score (nSPS) is 12.6. The SMILES string of the molecule is COC(=O)CCNC(C)c1cnc2ccsc2c1. The minimum absolute atomic E-state index is 0.175. The molecule has 0 aliphatic rings. The lowest BCUT2D eigenvalue weighted by Crippen LogP contribution is -2.22. The zero-order chi connectivity index (χ0) is 13.0. The van der Waals surface area contributed by atoms with Crippen molar-refractivity contribution in [1.29, 1.82) is 0 Å². The lowest BCUT2D eigenvalue weighted by atomic mass is 10.1. The summed E-state index contributed by atoms with van der Waals surface area (Å²) in [7, 11) is 1.40. The van der Waals surface area contributed by atoms with Gasteiger partial charge in [0.25, 0.3) is 0 Å². The molecule has 0 aromatic carbocycles. The number of nitrogens with zero attached hydrogens (tertiary/aromatic N) is 1. The van der Waals surface area contributed by atoms with E-state index in [0.29, 0.717) is 13.0 Å². The minimum Gasteiger partial charge on any atom is -0.469 e. The molecule has 2 aromatic rings. The number of esters is 1. The fourth-order valence-electron chi connectivity index (χ4n) is 1.71. The quantitative estimate of drug-likeness (QED) is 0.843. The Kier molecular flexibility index (Phi) is 4.28. The van der Waals surface area contributed by atoms with E-state index in [2.05, 4.69) is 28.0 Å². The van der Waals surface area contributed by atoms with Gasteiger partial charge in [0, 0.05) is 18.8 Å². The number of pyridine rings is 1. The summed E-state index contributed by atoms with van der Waals surface area (Å²) in [4.78, 5) is 15.4. The van der Waals surface area contributed by atoms with E-state index in [4.69, 9.17) is 0 Å². The molecule has 0 amide bonds. The van der Waals surface area contributed by atoms with Crippen molar-refractivity contribution in [2.45, 2.75) is 19.4 Å². The summed E-state index contributed by atoms with van der Waals surface area (Å²) >= 11 is 1.69. The van der Waals surface area contributed by atoms with Gasteiger partial charge in [-0.1, -0.05) is 0 Å². The third-order valence-electron chi connectivity index (χ3n) is 2.83. The Labute approximate surface area is 110 Å². The van der Waals surface area contributed by atoms with E-state index in [1.807, 2.05) is 17.6 Å². The van der Waals surface area contributed by atoms with Crippen LogP contribution in [0.2, 0.25) is 0 Å². The van der Waals surface area contributed by atoms with Crippen LogP contribution in [0.25, 0.3) is 10.2 Å². The van der Waals surface area contributed by atoms with Crippen LogP contribution in [0.5, 0.6) is 0 Å². The molecular formula is C13H16N2O2S. The topological polar surface area (TPSA) is 51.2 Å². The average Bonchev–Trinajstić information content (AvgIpc) is 2.85. The summed E-state index contributed by atoms with van der Waals surface area (Å²) in [6.45, 7) is 2.67. The maximum absolute atomic E-state index is 11.0. The molecule has 0 spiro atoms. The van der Waals surface area contributed by atoms with Gasteiger partial charge in [-0.3, -0.25) is 9.78 Å². The van der Waals surface area contributed by atoms with Crippen LogP contribution in [0.1, 0.15) is 24.9 Å². The van der Waals surface area contributed by atoms with E-state index in [1.54, 1.807) is 11.3 Å². The van der Waals surface area contributed by atoms with Crippen LogP contribution < -0.4 is 5.32 Å². The highest BCUT2D eigenvalue weighted by atomic mass is 32.1. The molecule has 1 atom stereocenters. The van der Waals surface area contributed by atoms with Gasteiger partial charge < -0.3 is 10.1 Å². The molecular weight excluding hydrogens is 248 g/mol. The number of thiophene rings is 1. The van der Waals surface area contributed by atoms with Gasteiger partial charge in [0.1, 0.15) is 0 Å². The van der Waals surface area contributed by atoms with Crippen LogP contribution in [0, 0.1) is 0 Å². The molecule has 2 rings (SSSR count). The number of ether oxygens (including phenoxy) is 1. The van der Waals surface area contributed by atoms with E-state index in [0.717, 1.165) is 11.1 Å². The van der Waals surface area contributed by atoms with Gasteiger partial charge in [-0.25, -0.2) is 0 Å². The van der Waals surface area contributed by atoms with E-state index >= 15 is 0 Å². The van der Waals surface area contributed by atoms with Gasteiger partial charge in [-0.05, 0) is 30.0 Å². The molecule has 0 saturated heterocycles. The fraction of sp³-hybridized carbons (Fsp3) is 0.385. The molecule has 18 heavy (non-hydrogen) atoms. The van der Waals surface area contributed by atoms with Crippen LogP contribution in [0.3, 0.4) is 0 Å². The maximum Gasteiger partial charge on any atom is 0.306 e. The molecule has 0 aliphatic carbocycles. The molecule has 0 saturated carbocycles. The van der Waals surface area contributed by atoms with Crippen LogP contribution in [0.15, 0.2) is 23.7 Å². The number of methoxy groups -OCH3 is 1. The summed E-state index contributed by atoms with van der Waals surface area (Å²) in [6, 6.07) is 4.33. The summed E-state index contributed by atoms with van der Waals surface area (Å²) in [5.74, 6) is -0.193. The first kappa shape index (κ1) is 13.0. The number of hydrogen-bond donors (Lipinski definition) is 1. The Morgan fingerprint density at radius 1 is 1.61 bits per heavy atom. The third-order valence-corrected chi connectivity index (χ3v) is 3.68. The van der Waals surface area contributed by atoms with Crippen molar-refractivity contribution < 1.29 is 9.53 Å². The first-order valence-corrected chi connectivity index (χ1v) is 6.72. The van der Waals surface area contributed by atoms with Gasteiger partial charge in [0.05, 0.1) is 23.7 Å². The number of fused-ring (bicyclic) bond motifs is 1. The maximum atomic E-state index is 11.0.